The van der Waals surface area contributed by atoms with Crippen molar-refractivity contribution < 1.29 is 14.3 Å². The minimum absolute atomic E-state index is 0.0238. The van der Waals surface area contributed by atoms with Gasteiger partial charge in [0.2, 0.25) is 0 Å². The number of esters is 1. The van der Waals surface area contributed by atoms with Gasteiger partial charge >= 0.3 is 5.97 Å². The standard InChI is InChI=1S/C10H20O3/c1-4-5-6-7-13-9(2)8-10(11)12-3/h9H,4-8H2,1-3H3. The van der Waals surface area contributed by atoms with Gasteiger partial charge in [0.25, 0.3) is 0 Å². The summed E-state index contributed by atoms with van der Waals surface area (Å²) >= 11 is 0. The van der Waals surface area contributed by atoms with Crippen LogP contribution in [-0.4, -0.2) is 25.8 Å². The van der Waals surface area contributed by atoms with Gasteiger partial charge in [0, 0.05) is 6.61 Å². The van der Waals surface area contributed by atoms with Crippen LogP contribution in [0.3, 0.4) is 0 Å². The molecule has 0 aliphatic heterocycles. The summed E-state index contributed by atoms with van der Waals surface area (Å²) in [6.07, 6.45) is 3.77. The van der Waals surface area contributed by atoms with Crippen LogP contribution in [-0.2, 0) is 14.3 Å². The van der Waals surface area contributed by atoms with Crippen LogP contribution in [0.2, 0.25) is 0 Å². The van der Waals surface area contributed by atoms with E-state index in [1.54, 1.807) is 0 Å². The van der Waals surface area contributed by atoms with Gasteiger partial charge in [0.15, 0.2) is 0 Å². The lowest BCUT2D eigenvalue weighted by molar-refractivity contribution is -0.143. The topological polar surface area (TPSA) is 35.5 Å². The largest absolute Gasteiger partial charge is 0.469 e. The summed E-state index contributed by atoms with van der Waals surface area (Å²) in [4.78, 5) is 10.8. The lowest BCUT2D eigenvalue weighted by Crippen LogP contribution is -2.15. The molecule has 0 aromatic heterocycles. The monoisotopic (exact) mass is 188 g/mol. The van der Waals surface area contributed by atoms with Crippen molar-refractivity contribution in [3.63, 3.8) is 0 Å². The number of hydrogen-bond acceptors (Lipinski definition) is 3. The summed E-state index contributed by atoms with van der Waals surface area (Å²) in [7, 11) is 1.39. The first kappa shape index (κ1) is 12.4. The number of methoxy groups -OCH3 is 1. The van der Waals surface area contributed by atoms with Crippen molar-refractivity contribution in [3.8, 4) is 0 Å². The van der Waals surface area contributed by atoms with E-state index in [-0.39, 0.29) is 12.1 Å². The predicted molar refractivity (Wildman–Crippen MR) is 51.6 cm³/mol. The fourth-order valence-electron chi connectivity index (χ4n) is 1.01. The zero-order valence-corrected chi connectivity index (χ0v) is 8.84. The van der Waals surface area contributed by atoms with Crippen LogP contribution in [0.15, 0.2) is 0 Å². The quantitative estimate of drug-likeness (QED) is 0.453. The van der Waals surface area contributed by atoms with Gasteiger partial charge in [-0.25, -0.2) is 0 Å². The second-order valence-corrected chi connectivity index (χ2v) is 3.17. The number of carbonyl (C=O) groups excluding carboxylic acids is 1. The molecule has 0 aromatic carbocycles. The van der Waals surface area contributed by atoms with Crippen LogP contribution in [0.1, 0.15) is 39.5 Å². The molecule has 0 fully saturated rings. The molecule has 0 rings (SSSR count). The molecule has 1 unspecified atom stereocenters. The molecule has 0 aromatic rings. The van der Waals surface area contributed by atoms with E-state index in [1.807, 2.05) is 6.92 Å². The maximum atomic E-state index is 10.8. The zero-order valence-electron chi connectivity index (χ0n) is 8.84. The van der Waals surface area contributed by atoms with E-state index in [0.29, 0.717) is 6.42 Å². The molecule has 13 heavy (non-hydrogen) atoms. The molecule has 78 valence electrons. The van der Waals surface area contributed by atoms with Gasteiger partial charge in [-0.3, -0.25) is 4.79 Å². The van der Waals surface area contributed by atoms with Crippen LogP contribution < -0.4 is 0 Å². The van der Waals surface area contributed by atoms with Crippen LogP contribution >= 0.6 is 0 Å². The number of hydrogen-bond donors (Lipinski definition) is 0. The summed E-state index contributed by atoms with van der Waals surface area (Å²) in [6, 6.07) is 0. The van der Waals surface area contributed by atoms with Crippen LogP contribution in [0.5, 0.6) is 0 Å². The molecular formula is C10H20O3. The zero-order chi connectivity index (χ0) is 10.1. The summed E-state index contributed by atoms with van der Waals surface area (Å²) in [6.45, 7) is 4.78. The first-order chi connectivity index (χ1) is 6.20. The van der Waals surface area contributed by atoms with E-state index >= 15 is 0 Å². The van der Waals surface area contributed by atoms with Crippen molar-refractivity contribution >= 4 is 5.97 Å². The highest BCUT2D eigenvalue weighted by Gasteiger charge is 2.08. The fourth-order valence-corrected chi connectivity index (χ4v) is 1.01. The molecule has 0 N–H and O–H groups in total. The number of rotatable bonds is 7. The second kappa shape index (κ2) is 8.05. The van der Waals surface area contributed by atoms with E-state index in [4.69, 9.17) is 4.74 Å². The molecule has 0 amide bonds. The fraction of sp³-hybridized carbons (Fsp3) is 0.900. The van der Waals surface area contributed by atoms with Crippen molar-refractivity contribution in [2.75, 3.05) is 13.7 Å². The highest BCUT2D eigenvalue weighted by Crippen LogP contribution is 2.01. The predicted octanol–water partition coefficient (Wildman–Crippen LogP) is 2.14. The van der Waals surface area contributed by atoms with Crippen molar-refractivity contribution in [3.05, 3.63) is 0 Å². The van der Waals surface area contributed by atoms with Gasteiger partial charge in [0.1, 0.15) is 0 Å². The number of unbranched alkanes of at least 4 members (excludes halogenated alkanes) is 2. The molecule has 0 aliphatic rings. The first-order valence-electron chi connectivity index (χ1n) is 4.89. The third-order valence-corrected chi connectivity index (χ3v) is 1.83. The van der Waals surface area contributed by atoms with Gasteiger partial charge < -0.3 is 9.47 Å². The molecule has 0 spiro atoms. The van der Waals surface area contributed by atoms with Gasteiger partial charge in [-0.1, -0.05) is 19.8 Å². The average molecular weight is 188 g/mol. The third-order valence-electron chi connectivity index (χ3n) is 1.83. The van der Waals surface area contributed by atoms with Crippen molar-refractivity contribution in [1.82, 2.24) is 0 Å². The molecule has 0 saturated heterocycles. The maximum absolute atomic E-state index is 10.8. The highest BCUT2D eigenvalue weighted by atomic mass is 16.5. The summed E-state index contributed by atoms with van der Waals surface area (Å²) in [5, 5.41) is 0. The molecule has 0 bridgehead atoms. The molecule has 3 heteroatoms. The van der Waals surface area contributed by atoms with Gasteiger partial charge in [-0.05, 0) is 13.3 Å². The number of ether oxygens (including phenoxy) is 2. The normalized spacial score (nSPS) is 12.5. The van der Waals surface area contributed by atoms with Crippen LogP contribution in [0.25, 0.3) is 0 Å². The molecule has 0 radical (unpaired) electrons. The Labute approximate surface area is 80.4 Å². The van der Waals surface area contributed by atoms with Crippen LogP contribution in [0.4, 0.5) is 0 Å². The van der Waals surface area contributed by atoms with E-state index in [0.717, 1.165) is 13.0 Å². The molecular weight excluding hydrogens is 168 g/mol. The Morgan fingerprint density at radius 3 is 2.62 bits per heavy atom. The molecule has 0 saturated carbocycles. The van der Waals surface area contributed by atoms with E-state index in [9.17, 15) is 4.79 Å². The molecule has 1 atom stereocenters. The Bertz CT molecular complexity index is 134. The van der Waals surface area contributed by atoms with Crippen LogP contribution in [0, 0.1) is 0 Å². The molecule has 0 aliphatic carbocycles. The highest BCUT2D eigenvalue weighted by molar-refractivity contribution is 5.69. The average Bonchev–Trinajstić information content (AvgIpc) is 2.12. The Balaban J connectivity index is 3.29. The summed E-state index contributed by atoms with van der Waals surface area (Å²) in [5.41, 5.74) is 0. The Morgan fingerprint density at radius 2 is 2.08 bits per heavy atom. The SMILES string of the molecule is CCCCCOC(C)CC(=O)OC. The summed E-state index contributed by atoms with van der Waals surface area (Å²) in [5.74, 6) is -0.206. The lowest BCUT2D eigenvalue weighted by atomic mass is 10.2. The smallest absolute Gasteiger partial charge is 0.308 e. The van der Waals surface area contributed by atoms with Gasteiger partial charge in [-0.15, -0.1) is 0 Å². The van der Waals surface area contributed by atoms with E-state index in [1.165, 1.54) is 20.0 Å². The van der Waals surface area contributed by atoms with Crippen molar-refractivity contribution in [2.45, 2.75) is 45.6 Å². The number of carbonyl (C=O) groups is 1. The molecule has 3 nitrogen and oxygen atoms in total. The summed E-state index contributed by atoms with van der Waals surface area (Å²) < 4.78 is 9.95. The second-order valence-electron chi connectivity index (χ2n) is 3.17. The van der Waals surface area contributed by atoms with Crippen molar-refractivity contribution in [1.29, 1.82) is 0 Å². The molecule has 0 heterocycles. The Morgan fingerprint density at radius 1 is 1.38 bits per heavy atom. The maximum Gasteiger partial charge on any atom is 0.308 e. The van der Waals surface area contributed by atoms with Crippen molar-refractivity contribution in [2.24, 2.45) is 0 Å². The minimum Gasteiger partial charge on any atom is -0.469 e. The first-order valence-corrected chi connectivity index (χ1v) is 4.89. The van der Waals surface area contributed by atoms with E-state index in [2.05, 4.69) is 11.7 Å². The Kier molecular flexibility index (Phi) is 7.69. The van der Waals surface area contributed by atoms with Gasteiger partial charge in [0.05, 0.1) is 19.6 Å². The third kappa shape index (κ3) is 7.78. The minimum atomic E-state index is -0.206. The van der Waals surface area contributed by atoms with Gasteiger partial charge in [-0.2, -0.15) is 0 Å². The van der Waals surface area contributed by atoms with E-state index < -0.39 is 0 Å². The lowest BCUT2D eigenvalue weighted by Gasteiger charge is -2.10. The Hall–Kier alpha value is -0.570.